The first-order chi connectivity index (χ1) is 11.1. The summed E-state index contributed by atoms with van der Waals surface area (Å²) in [6.45, 7) is 7.76. The maximum Gasteiger partial charge on any atom is 0.247 e. The number of alkyl halides is 3. The maximum atomic E-state index is 12.3. The summed E-state index contributed by atoms with van der Waals surface area (Å²) in [4.78, 5) is 16.6. The molecule has 0 aliphatic carbocycles. The van der Waals surface area contributed by atoms with Crippen molar-refractivity contribution in [2.24, 2.45) is 11.8 Å². The van der Waals surface area contributed by atoms with E-state index in [1.165, 1.54) is 0 Å². The summed E-state index contributed by atoms with van der Waals surface area (Å²) in [6.07, 6.45) is 7.84. The molecular weight excluding hydrogens is 387 g/mol. The van der Waals surface area contributed by atoms with Gasteiger partial charge in [-0.05, 0) is 19.3 Å². The Balaban J connectivity index is 2.63. The highest BCUT2D eigenvalue weighted by molar-refractivity contribution is 7.09. The van der Waals surface area contributed by atoms with Crippen molar-refractivity contribution >= 4 is 52.0 Å². The van der Waals surface area contributed by atoms with Crippen LogP contribution in [0.4, 0.5) is 0 Å². The molecule has 0 unspecified atom stereocenters. The zero-order chi connectivity index (χ0) is 18.3. The first kappa shape index (κ1) is 21.5. The van der Waals surface area contributed by atoms with Gasteiger partial charge in [-0.3, -0.25) is 4.79 Å². The summed E-state index contributed by atoms with van der Waals surface area (Å²) in [6, 6.07) is -0.0887. The van der Waals surface area contributed by atoms with Crippen molar-refractivity contribution in [1.29, 1.82) is 0 Å². The number of aromatic nitrogens is 1. The van der Waals surface area contributed by atoms with Gasteiger partial charge >= 0.3 is 0 Å². The Hall–Kier alpha value is -0.550. The third-order valence-electron chi connectivity index (χ3n) is 3.56. The molecule has 2 atom stereocenters. The van der Waals surface area contributed by atoms with E-state index >= 15 is 0 Å². The van der Waals surface area contributed by atoms with Gasteiger partial charge in [0.1, 0.15) is 5.01 Å². The van der Waals surface area contributed by atoms with E-state index in [0.717, 1.165) is 5.01 Å². The number of nitrogens with one attached hydrogen (secondary N) is 1. The number of hydrogen-bond donors (Lipinski definition) is 1. The number of thiazole rings is 1. The largest absolute Gasteiger partial charge is 0.343 e. The molecular formula is C17H23Cl3N2OS. The molecule has 0 aliphatic heterocycles. The molecule has 1 heterocycles. The summed E-state index contributed by atoms with van der Waals surface area (Å²) in [7, 11) is 0. The van der Waals surface area contributed by atoms with Crippen LogP contribution < -0.4 is 5.32 Å². The highest BCUT2D eigenvalue weighted by Crippen LogP contribution is 2.36. The van der Waals surface area contributed by atoms with Crippen LogP contribution >= 0.6 is 46.1 Å². The molecule has 1 amide bonds. The minimum absolute atomic E-state index is 0.0887. The summed E-state index contributed by atoms with van der Waals surface area (Å²) in [5, 5.41) is 5.86. The monoisotopic (exact) mass is 408 g/mol. The van der Waals surface area contributed by atoms with Gasteiger partial charge in [-0.25, -0.2) is 4.98 Å². The second-order valence-electron chi connectivity index (χ2n) is 6.02. The van der Waals surface area contributed by atoms with Crippen LogP contribution in [0.25, 0.3) is 0 Å². The van der Waals surface area contributed by atoms with Gasteiger partial charge < -0.3 is 5.32 Å². The predicted molar refractivity (Wildman–Crippen MR) is 105 cm³/mol. The van der Waals surface area contributed by atoms with Gasteiger partial charge in [0.25, 0.3) is 0 Å². The van der Waals surface area contributed by atoms with E-state index in [2.05, 4.69) is 24.1 Å². The van der Waals surface area contributed by atoms with Crippen molar-refractivity contribution in [3.8, 4) is 0 Å². The summed E-state index contributed by atoms with van der Waals surface area (Å²) in [5.41, 5.74) is 0.620. The van der Waals surface area contributed by atoms with E-state index in [1.54, 1.807) is 30.5 Å². The standard InChI is InChI=1S/C17H23Cl3N2OS/c1-11(2)14(16-21-9-10-24-16)22-15(23)12(3)7-5-6-8-13(4)17(18,19)20/h5-7,9-11,13-14H,8H2,1-4H3,(H,22,23)/t13-,14-/m0/s1. The zero-order valence-electron chi connectivity index (χ0n) is 14.2. The predicted octanol–water partition coefficient (Wildman–Crippen LogP) is 5.86. The van der Waals surface area contributed by atoms with Crippen LogP contribution in [0.2, 0.25) is 0 Å². The van der Waals surface area contributed by atoms with Gasteiger partial charge in [0.15, 0.2) is 3.79 Å². The fraction of sp³-hybridized carbons (Fsp3) is 0.529. The van der Waals surface area contributed by atoms with Crippen molar-refractivity contribution in [3.63, 3.8) is 0 Å². The average molecular weight is 410 g/mol. The molecule has 134 valence electrons. The molecule has 1 N–H and O–H groups in total. The van der Waals surface area contributed by atoms with Crippen molar-refractivity contribution in [3.05, 3.63) is 40.4 Å². The van der Waals surface area contributed by atoms with Gasteiger partial charge in [0, 0.05) is 23.1 Å². The molecule has 7 heteroatoms. The van der Waals surface area contributed by atoms with E-state index in [0.29, 0.717) is 12.0 Å². The Morgan fingerprint density at radius 3 is 2.54 bits per heavy atom. The minimum Gasteiger partial charge on any atom is -0.343 e. The first-order valence-electron chi connectivity index (χ1n) is 7.73. The minimum atomic E-state index is -1.28. The lowest BCUT2D eigenvalue weighted by Gasteiger charge is -2.20. The molecule has 0 bridgehead atoms. The number of halogens is 3. The van der Waals surface area contributed by atoms with Crippen LogP contribution in [0.1, 0.15) is 45.2 Å². The summed E-state index contributed by atoms with van der Waals surface area (Å²) < 4.78 is -1.28. The topological polar surface area (TPSA) is 42.0 Å². The number of allylic oxidation sites excluding steroid dienone is 3. The number of rotatable bonds is 7. The summed E-state index contributed by atoms with van der Waals surface area (Å²) >= 11 is 19.0. The molecule has 0 fully saturated rings. The van der Waals surface area contributed by atoms with Crippen LogP contribution in [0.15, 0.2) is 35.4 Å². The number of carbonyl (C=O) groups excluding carboxylic acids is 1. The van der Waals surface area contributed by atoms with Gasteiger partial charge in [-0.15, -0.1) is 11.3 Å². The molecule has 0 saturated heterocycles. The van der Waals surface area contributed by atoms with Gasteiger partial charge in [-0.2, -0.15) is 0 Å². The molecule has 0 aromatic carbocycles. The quantitative estimate of drug-likeness (QED) is 0.348. The maximum absolute atomic E-state index is 12.3. The molecule has 0 aliphatic rings. The zero-order valence-corrected chi connectivity index (χ0v) is 17.3. The van der Waals surface area contributed by atoms with E-state index in [4.69, 9.17) is 34.8 Å². The highest BCUT2D eigenvalue weighted by atomic mass is 35.6. The lowest BCUT2D eigenvalue weighted by atomic mass is 10.0. The van der Waals surface area contributed by atoms with E-state index in [9.17, 15) is 4.79 Å². The second kappa shape index (κ2) is 9.81. The molecule has 0 saturated carbocycles. The third kappa shape index (κ3) is 7.14. The summed E-state index contributed by atoms with van der Waals surface area (Å²) in [5.74, 6) is 0.0491. The molecule has 24 heavy (non-hydrogen) atoms. The van der Waals surface area contributed by atoms with Crippen molar-refractivity contribution in [2.45, 2.75) is 44.0 Å². The van der Waals surface area contributed by atoms with Crippen molar-refractivity contribution in [2.75, 3.05) is 0 Å². The fourth-order valence-corrected chi connectivity index (χ4v) is 2.99. The molecule has 1 rings (SSSR count). The van der Waals surface area contributed by atoms with E-state index in [-0.39, 0.29) is 23.8 Å². The number of carbonyl (C=O) groups is 1. The van der Waals surface area contributed by atoms with Crippen LogP contribution in [0.5, 0.6) is 0 Å². The Kier molecular flexibility index (Phi) is 8.78. The number of nitrogens with zero attached hydrogens (tertiary/aromatic N) is 1. The molecule has 0 radical (unpaired) electrons. The molecule has 1 aromatic rings. The highest BCUT2D eigenvalue weighted by Gasteiger charge is 2.27. The Labute approximate surface area is 163 Å². The number of hydrogen-bond acceptors (Lipinski definition) is 3. The first-order valence-corrected chi connectivity index (χ1v) is 9.74. The Bertz CT molecular complexity index is 577. The van der Waals surface area contributed by atoms with Gasteiger partial charge in [-0.1, -0.05) is 73.8 Å². The molecule has 1 aromatic heterocycles. The second-order valence-corrected chi connectivity index (χ2v) is 9.32. The van der Waals surface area contributed by atoms with Crippen LogP contribution in [0.3, 0.4) is 0 Å². The van der Waals surface area contributed by atoms with Crippen LogP contribution in [0, 0.1) is 11.8 Å². The van der Waals surface area contributed by atoms with Gasteiger partial charge in [0.2, 0.25) is 5.91 Å². The Morgan fingerprint density at radius 1 is 1.38 bits per heavy atom. The SMILES string of the molecule is CC(=CC=CC[C@H](C)C(Cl)(Cl)Cl)C(=O)N[C@H](c1nccs1)C(C)C. The molecule has 0 spiro atoms. The van der Waals surface area contributed by atoms with Crippen LogP contribution in [-0.4, -0.2) is 14.7 Å². The normalized spacial score (nSPS) is 15.8. The number of amides is 1. The van der Waals surface area contributed by atoms with E-state index < -0.39 is 3.79 Å². The van der Waals surface area contributed by atoms with E-state index in [1.807, 2.05) is 24.5 Å². The lowest BCUT2D eigenvalue weighted by molar-refractivity contribution is -0.118. The van der Waals surface area contributed by atoms with Crippen molar-refractivity contribution in [1.82, 2.24) is 10.3 Å². The third-order valence-corrected chi connectivity index (χ3v) is 5.54. The van der Waals surface area contributed by atoms with Gasteiger partial charge in [0.05, 0.1) is 6.04 Å². The fourth-order valence-electron chi connectivity index (χ4n) is 1.86. The molecule has 3 nitrogen and oxygen atoms in total. The Morgan fingerprint density at radius 2 is 2.04 bits per heavy atom. The van der Waals surface area contributed by atoms with Crippen LogP contribution in [-0.2, 0) is 4.79 Å². The average Bonchev–Trinajstić information content (AvgIpc) is 3.00. The smallest absolute Gasteiger partial charge is 0.247 e. The van der Waals surface area contributed by atoms with Crippen molar-refractivity contribution < 1.29 is 4.79 Å². The lowest BCUT2D eigenvalue weighted by Crippen LogP contribution is -2.32.